The summed E-state index contributed by atoms with van der Waals surface area (Å²) < 4.78 is 28.2. The van der Waals surface area contributed by atoms with E-state index in [9.17, 15) is 8.42 Å². The first kappa shape index (κ1) is 18.2. The zero-order valence-corrected chi connectivity index (χ0v) is 14.3. The Morgan fingerprint density at radius 2 is 2.00 bits per heavy atom. The molecule has 3 unspecified atom stereocenters. The topological polar surface area (TPSA) is 66.6 Å². The summed E-state index contributed by atoms with van der Waals surface area (Å²) in [5.74, 6) is 0.977. The molecule has 2 fully saturated rings. The number of rotatable bonds is 6. The third-order valence-corrected chi connectivity index (χ3v) is 6.69. The third-order valence-electron chi connectivity index (χ3n) is 4.68. The number of hydrogen-bond acceptors (Lipinski definition) is 3. The van der Waals surface area contributed by atoms with Gasteiger partial charge in [-0.1, -0.05) is 13.8 Å². The first-order chi connectivity index (χ1) is 8.82. The van der Waals surface area contributed by atoms with Crippen LogP contribution in [0.15, 0.2) is 0 Å². The third kappa shape index (κ3) is 3.65. The Morgan fingerprint density at radius 3 is 2.45 bits per heavy atom. The molecule has 1 saturated carbocycles. The molecular formula is C13H28ClN3O2S. The molecule has 5 nitrogen and oxygen atoms in total. The van der Waals surface area contributed by atoms with E-state index in [1.807, 2.05) is 0 Å². The van der Waals surface area contributed by atoms with E-state index in [1.54, 1.807) is 11.4 Å². The Labute approximate surface area is 129 Å². The molecular weight excluding hydrogens is 298 g/mol. The number of halogens is 1. The molecule has 2 N–H and O–H groups in total. The van der Waals surface area contributed by atoms with Gasteiger partial charge in [0.15, 0.2) is 0 Å². The zero-order valence-electron chi connectivity index (χ0n) is 12.7. The van der Waals surface area contributed by atoms with Gasteiger partial charge in [0.05, 0.1) is 0 Å². The first-order valence-corrected chi connectivity index (χ1v) is 8.70. The van der Waals surface area contributed by atoms with Crippen molar-refractivity contribution in [2.45, 2.75) is 51.6 Å². The maximum absolute atomic E-state index is 12.5. The summed E-state index contributed by atoms with van der Waals surface area (Å²) in [5, 5.41) is 0. The quantitative estimate of drug-likeness (QED) is 0.803. The van der Waals surface area contributed by atoms with Gasteiger partial charge >= 0.3 is 0 Å². The van der Waals surface area contributed by atoms with Crippen LogP contribution in [-0.4, -0.2) is 49.2 Å². The van der Waals surface area contributed by atoms with Gasteiger partial charge in [0.25, 0.3) is 10.2 Å². The van der Waals surface area contributed by atoms with E-state index in [0.717, 1.165) is 19.3 Å². The summed E-state index contributed by atoms with van der Waals surface area (Å²) in [6.07, 6.45) is 4.00. The van der Waals surface area contributed by atoms with Crippen LogP contribution < -0.4 is 5.73 Å². The van der Waals surface area contributed by atoms with Crippen molar-refractivity contribution >= 4 is 22.6 Å². The second-order valence-corrected chi connectivity index (χ2v) is 8.42. The lowest BCUT2D eigenvalue weighted by atomic mass is 10.0. The molecule has 3 atom stereocenters. The highest BCUT2D eigenvalue weighted by molar-refractivity contribution is 7.86. The molecule has 1 aliphatic heterocycles. The minimum absolute atomic E-state index is 0. The van der Waals surface area contributed by atoms with E-state index in [-0.39, 0.29) is 24.5 Å². The summed E-state index contributed by atoms with van der Waals surface area (Å²) in [5.41, 5.74) is 5.99. The van der Waals surface area contributed by atoms with E-state index in [4.69, 9.17) is 5.73 Å². The SMILES string of the molecule is CC(C)C(N)CCN(C)S(=O)(=O)N1CC2CCC1C2.Cl. The van der Waals surface area contributed by atoms with E-state index < -0.39 is 10.2 Å². The highest BCUT2D eigenvalue weighted by Crippen LogP contribution is 2.39. The van der Waals surface area contributed by atoms with Gasteiger partial charge in [-0.2, -0.15) is 17.0 Å². The smallest absolute Gasteiger partial charge is 0.281 e. The minimum atomic E-state index is -3.28. The van der Waals surface area contributed by atoms with Crippen LogP contribution in [0.25, 0.3) is 0 Å². The predicted molar refractivity (Wildman–Crippen MR) is 84.1 cm³/mol. The average Bonchev–Trinajstić information content (AvgIpc) is 2.97. The lowest BCUT2D eigenvalue weighted by Crippen LogP contribution is -2.46. The summed E-state index contributed by atoms with van der Waals surface area (Å²) in [6, 6.07) is 0.309. The van der Waals surface area contributed by atoms with Gasteiger partial charge in [-0.3, -0.25) is 0 Å². The Kier molecular flexibility index (Phi) is 6.29. The Bertz CT molecular complexity index is 416. The average molecular weight is 326 g/mol. The van der Waals surface area contributed by atoms with E-state index in [0.29, 0.717) is 24.9 Å². The van der Waals surface area contributed by atoms with Crippen molar-refractivity contribution < 1.29 is 8.42 Å². The lowest BCUT2D eigenvalue weighted by Gasteiger charge is -2.31. The largest absolute Gasteiger partial charge is 0.327 e. The summed E-state index contributed by atoms with van der Waals surface area (Å²) >= 11 is 0. The standard InChI is InChI=1S/C13H27N3O2S.ClH/c1-10(2)13(14)6-7-15(3)19(17,18)16-9-11-4-5-12(16)8-11;/h10-13H,4-9,14H2,1-3H3;1H. The van der Waals surface area contributed by atoms with Crippen LogP contribution in [0.5, 0.6) is 0 Å². The van der Waals surface area contributed by atoms with Crippen LogP contribution in [-0.2, 0) is 10.2 Å². The van der Waals surface area contributed by atoms with E-state index in [2.05, 4.69) is 13.8 Å². The molecule has 20 heavy (non-hydrogen) atoms. The monoisotopic (exact) mass is 325 g/mol. The molecule has 1 aliphatic carbocycles. The molecule has 2 rings (SSSR count). The molecule has 0 aromatic heterocycles. The van der Waals surface area contributed by atoms with Gasteiger partial charge < -0.3 is 5.73 Å². The van der Waals surface area contributed by atoms with Crippen molar-refractivity contribution in [3.63, 3.8) is 0 Å². The fourth-order valence-electron chi connectivity index (χ4n) is 3.12. The second-order valence-electron chi connectivity index (χ2n) is 6.43. The van der Waals surface area contributed by atoms with Crippen LogP contribution in [0.4, 0.5) is 0 Å². The van der Waals surface area contributed by atoms with Gasteiger partial charge in [-0.05, 0) is 37.5 Å². The maximum Gasteiger partial charge on any atom is 0.281 e. The molecule has 0 radical (unpaired) electrons. The molecule has 2 bridgehead atoms. The minimum Gasteiger partial charge on any atom is -0.327 e. The molecule has 2 aliphatic rings. The molecule has 0 aromatic carbocycles. The normalized spacial score (nSPS) is 28.1. The maximum atomic E-state index is 12.5. The van der Waals surface area contributed by atoms with E-state index in [1.165, 1.54) is 10.7 Å². The molecule has 120 valence electrons. The molecule has 1 heterocycles. The lowest BCUT2D eigenvalue weighted by molar-refractivity contribution is 0.299. The Balaban J connectivity index is 0.00000200. The van der Waals surface area contributed by atoms with Crippen molar-refractivity contribution in [3.05, 3.63) is 0 Å². The molecule has 7 heteroatoms. The number of fused-ring (bicyclic) bond motifs is 2. The van der Waals surface area contributed by atoms with Crippen molar-refractivity contribution in [1.82, 2.24) is 8.61 Å². The molecule has 0 spiro atoms. The Morgan fingerprint density at radius 1 is 1.35 bits per heavy atom. The van der Waals surface area contributed by atoms with Gasteiger partial charge in [0, 0.05) is 32.2 Å². The van der Waals surface area contributed by atoms with Crippen LogP contribution in [0.1, 0.15) is 39.5 Å². The van der Waals surface area contributed by atoms with Crippen molar-refractivity contribution in [1.29, 1.82) is 0 Å². The van der Waals surface area contributed by atoms with Crippen LogP contribution >= 0.6 is 12.4 Å². The second kappa shape index (κ2) is 6.92. The molecule has 1 saturated heterocycles. The van der Waals surface area contributed by atoms with Gasteiger partial charge in [-0.25, -0.2) is 0 Å². The summed E-state index contributed by atoms with van der Waals surface area (Å²) in [7, 11) is -1.60. The predicted octanol–water partition coefficient (Wildman–Crippen LogP) is 1.44. The van der Waals surface area contributed by atoms with Crippen molar-refractivity contribution in [3.8, 4) is 0 Å². The number of nitrogens with two attached hydrogens (primary N) is 1. The van der Waals surface area contributed by atoms with Crippen LogP contribution in [0.3, 0.4) is 0 Å². The fourth-order valence-corrected chi connectivity index (χ4v) is 4.78. The van der Waals surface area contributed by atoms with Gasteiger partial charge in [0.1, 0.15) is 0 Å². The van der Waals surface area contributed by atoms with E-state index >= 15 is 0 Å². The molecule has 0 aromatic rings. The fraction of sp³-hybridized carbons (Fsp3) is 1.00. The number of piperidine rings is 1. The van der Waals surface area contributed by atoms with Gasteiger partial charge in [-0.15, -0.1) is 12.4 Å². The Hall–Kier alpha value is 0.120. The summed E-state index contributed by atoms with van der Waals surface area (Å²) in [4.78, 5) is 0. The zero-order chi connectivity index (χ0) is 14.2. The van der Waals surface area contributed by atoms with Crippen LogP contribution in [0.2, 0.25) is 0 Å². The van der Waals surface area contributed by atoms with Crippen molar-refractivity contribution in [2.75, 3.05) is 20.1 Å². The molecule has 0 amide bonds. The van der Waals surface area contributed by atoms with Crippen molar-refractivity contribution in [2.24, 2.45) is 17.6 Å². The van der Waals surface area contributed by atoms with Gasteiger partial charge in [0.2, 0.25) is 0 Å². The van der Waals surface area contributed by atoms with Crippen LogP contribution in [0, 0.1) is 11.8 Å². The summed E-state index contributed by atoms with van der Waals surface area (Å²) in [6.45, 7) is 5.36. The highest BCUT2D eigenvalue weighted by Gasteiger charge is 2.44. The number of hydrogen-bond donors (Lipinski definition) is 1. The first-order valence-electron chi connectivity index (χ1n) is 7.31. The number of nitrogens with zero attached hydrogens (tertiary/aromatic N) is 2. The highest BCUT2D eigenvalue weighted by atomic mass is 35.5.